The molecule has 5 heteroatoms. The summed E-state index contributed by atoms with van der Waals surface area (Å²) in [6.07, 6.45) is -3.12. The Bertz CT molecular complexity index is 390. The molecule has 1 rings (SSSR count). The Morgan fingerprint density at radius 2 is 1.81 bits per heavy atom. The van der Waals surface area contributed by atoms with Gasteiger partial charge >= 0.3 is 6.18 Å². The molecule has 1 N–H and O–H groups in total. The molecule has 0 heterocycles. The monoisotopic (exact) mass is 319 g/mol. The van der Waals surface area contributed by atoms with E-state index >= 15 is 0 Å². The molecule has 0 spiro atoms. The summed E-state index contributed by atoms with van der Waals surface area (Å²) in [7, 11) is 0. The molecule has 0 fully saturated rings. The first kappa shape index (κ1) is 18.4. The van der Waals surface area contributed by atoms with Crippen LogP contribution >= 0.6 is 11.8 Å². The smallest absolute Gasteiger partial charge is 0.310 e. The highest BCUT2D eigenvalue weighted by atomic mass is 32.2. The molecule has 1 aromatic rings. The third-order valence-corrected chi connectivity index (χ3v) is 4.08. The molecule has 0 amide bonds. The minimum Gasteiger partial charge on any atom is -0.310 e. The normalized spacial score (nSPS) is 13.4. The molecular weight excluding hydrogens is 295 g/mol. The van der Waals surface area contributed by atoms with Gasteiger partial charge in [-0.05, 0) is 49.3 Å². The largest absolute Gasteiger partial charge is 0.389 e. The number of hydrogen-bond acceptors (Lipinski definition) is 2. The first-order valence-corrected chi connectivity index (χ1v) is 8.47. The maximum atomic E-state index is 12.3. The first-order valence-electron chi connectivity index (χ1n) is 7.49. The third-order valence-electron chi connectivity index (χ3n) is 3.19. The van der Waals surface area contributed by atoms with Gasteiger partial charge in [-0.1, -0.05) is 26.0 Å². The lowest BCUT2D eigenvalue weighted by atomic mass is 10.0. The predicted octanol–water partition coefficient (Wildman–Crippen LogP) is 5.57. The number of nitrogens with one attached hydrogen (secondary N) is 1. The van der Waals surface area contributed by atoms with Crippen molar-refractivity contribution in [2.75, 3.05) is 12.3 Å². The van der Waals surface area contributed by atoms with Crippen LogP contribution in [0.25, 0.3) is 0 Å². The molecule has 0 aromatic heterocycles. The summed E-state index contributed by atoms with van der Waals surface area (Å²) in [6, 6.07) is 8.16. The summed E-state index contributed by atoms with van der Waals surface area (Å²) < 4.78 is 36.8. The Balaban J connectivity index is 2.62. The summed E-state index contributed by atoms with van der Waals surface area (Å²) in [4.78, 5) is 1.20. The van der Waals surface area contributed by atoms with E-state index in [2.05, 4.69) is 19.2 Å². The third kappa shape index (κ3) is 7.77. The molecule has 1 nitrogen and oxygen atoms in total. The van der Waals surface area contributed by atoms with Gasteiger partial charge in [0.1, 0.15) is 0 Å². The van der Waals surface area contributed by atoms with Crippen molar-refractivity contribution in [3.05, 3.63) is 29.8 Å². The molecule has 0 saturated heterocycles. The fraction of sp³-hybridized carbons (Fsp3) is 0.625. The number of benzene rings is 1. The van der Waals surface area contributed by atoms with Crippen LogP contribution in [0.4, 0.5) is 13.2 Å². The zero-order valence-electron chi connectivity index (χ0n) is 12.7. The van der Waals surface area contributed by atoms with E-state index in [1.54, 1.807) is 11.8 Å². The highest BCUT2D eigenvalue weighted by Crippen LogP contribution is 2.27. The maximum Gasteiger partial charge on any atom is 0.389 e. The molecule has 0 aliphatic heterocycles. The number of hydrogen-bond donors (Lipinski definition) is 1. The molecule has 0 radical (unpaired) electrons. The van der Waals surface area contributed by atoms with Crippen molar-refractivity contribution in [2.45, 2.75) is 56.6 Å². The lowest BCUT2D eigenvalue weighted by Crippen LogP contribution is -2.22. The van der Waals surface area contributed by atoms with Crippen LogP contribution in [0.1, 0.15) is 51.1 Å². The van der Waals surface area contributed by atoms with Gasteiger partial charge in [0.2, 0.25) is 0 Å². The fourth-order valence-corrected chi connectivity index (χ4v) is 2.84. The van der Waals surface area contributed by atoms with Crippen molar-refractivity contribution in [1.29, 1.82) is 0 Å². The minimum absolute atomic E-state index is 0.00739. The van der Waals surface area contributed by atoms with Gasteiger partial charge in [0.05, 0.1) is 0 Å². The van der Waals surface area contributed by atoms with Gasteiger partial charge in [-0.25, -0.2) is 0 Å². The number of thioether (sulfide) groups is 1. The van der Waals surface area contributed by atoms with Gasteiger partial charge in [0.15, 0.2) is 0 Å². The lowest BCUT2D eigenvalue weighted by molar-refractivity contribution is -0.135. The van der Waals surface area contributed by atoms with Crippen LogP contribution in [0.2, 0.25) is 0 Å². The number of halogens is 3. The highest BCUT2D eigenvalue weighted by molar-refractivity contribution is 7.99. The van der Waals surface area contributed by atoms with E-state index in [0.717, 1.165) is 24.3 Å². The van der Waals surface area contributed by atoms with E-state index < -0.39 is 12.6 Å². The van der Waals surface area contributed by atoms with Gasteiger partial charge < -0.3 is 5.32 Å². The Morgan fingerprint density at radius 3 is 2.33 bits per heavy atom. The zero-order chi connectivity index (χ0) is 15.7. The van der Waals surface area contributed by atoms with Crippen molar-refractivity contribution in [3.8, 4) is 0 Å². The van der Waals surface area contributed by atoms with Crippen LogP contribution in [0.15, 0.2) is 29.2 Å². The van der Waals surface area contributed by atoms with Gasteiger partial charge in [-0.15, -0.1) is 11.8 Å². The molecule has 1 atom stereocenters. The molecule has 1 aromatic carbocycles. The van der Waals surface area contributed by atoms with Crippen molar-refractivity contribution in [2.24, 2.45) is 0 Å². The predicted molar refractivity (Wildman–Crippen MR) is 83.8 cm³/mol. The molecular formula is C16H24F3NS. The van der Waals surface area contributed by atoms with Crippen molar-refractivity contribution in [3.63, 3.8) is 0 Å². The number of alkyl halides is 3. The van der Waals surface area contributed by atoms with E-state index in [0.29, 0.717) is 6.42 Å². The lowest BCUT2D eigenvalue weighted by Gasteiger charge is -2.19. The van der Waals surface area contributed by atoms with Crippen LogP contribution in [0, 0.1) is 0 Å². The van der Waals surface area contributed by atoms with Crippen LogP contribution < -0.4 is 5.32 Å². The second-order valence-corrected chi connectivity index (χ2v) is 6.35. The summed E-state index contributed by atoms with van der Waals surface area (Å²) in [5.41, 5.74) is 1.08. The van der Waals surface area contributed by atoms with Crippen molar-refractivity contribution < 1.29 is 13.2 Å². The second-order valence-electron chi connectivity index (χ2n) is 5.02. The van der Waals surface area contributed by atoms with Crippen molar-refractivity contribution in [1.82, 2.24) is 5.32 Å². The molecule has 0 aliphatic carbocycles. The Kier molecular flexibility index (Phi) is 8.19. The van der Waals surface area contributed by atoms with Gasteiger partial charge in [-0.2, -0.15) is 13.2 Å². The van der Waals surface area contributed by atoms with E-state index in [-0.39, 0.29) is 12.5 Å². The highest BCUT2D eigenvalue weighted by Gasteiger charge is 2.26. The quantitative estimate of drug-likeness (QED) is 0.597. The van der Waals surface area contributed by atoms with E-state index in [1.165, 1.54) is 4.90 Å². The fourth-order valence-electron chi connectivity index (χ4n) is 2.17. The van der Waals surface area contributed by atoms with Gasteiger partial charge in [0.25, 0.3) is 0 Å². The van der Waals surface area contributed by atoms with Crippen LogP contribution in [-0.4, -0.2) is 18.5 Å². The van der Waals surface area contributed by atoms with Crippen LogP contribution in [0.3, 0.4) is 0 Å². The molecule has 0 bridgehead atoms. The maximum absolute atomic E-state index is 12.3. The van der Waals surface area contributed by atoms with Gasteiger partial charge in [0, 0.05) is 17.4 Å². The average Bonchev–Trinajstić information content (AvgIpc) is 2.43. The van der Waals surface area contributed by atoms with E-state index in [9.17, 15) is 13.2 Å². The van der Waals surface area contributed by atoms with E-state index in [1.807, 2.05) is 24.3 Å². The molecule has 0 saturated carbocycles. The summed E-state index contributed by atoms with van der Waals surface area (Å²) in [6.45, 7) is 4.98. The number of rotatable bonds is 9. The Morgan fingerprint density at radius 1 is 1.14 bits per heavy atom. The molecule has 0 aliphatic rings. The summed E-state index contributed by atoms with van der Waals surface area (Å²) >= 11 is 1.77. The standard InChI is InChI=1S/C16H24F3NS/c1-3-12-20-15(6-5-11-16(17,18)19)13-7-9-14(10-8-13)21-4-2/h7-10,15,20H,3-6,11-12H2,1-2H3. The summed E-state index contributed by atoms with van der Waals surface area (Å²) in [5, 5.41) is 3.35. The van der Waals surface area contributed by atoms with Crippen molar-refractivity contribution >= 4 is 11.8 Å². The topological polar surface area (TPSA) is 12.0 Å². The SMILES string of the molecule is CCCNC(CCCC(F)(F)F)c1ccc(SCC)cc1. The molecule has 1 unspecified atom stereocenters. The average molecular weight is 319 g/mol. The van der Waals surface area contributed by atoms with E-state index in [4.69, 9.17) is 0 Å². The Hall–Kier alpha value is -0.680. The second kappa shape index (κ2) is 9.36. The van der Waals surface area contributed by atoms with Gasteiger partial charge in [-0.3, -0.25) is 0 Å². The van der Waals surface area contributed by atoms with Crippen LogP contribution in [-0.2, 0) is 0 Å². The molecule has 21 heavy (non-hydrogen) atoms. The van der Waals surface area contributed by atoms with Crippen LogP contribution in [0.5, 0.6) is 0 Å². The Labute approximate surface area is 129 Å². The summed E-state index contributed by atoms with van der Waals surface area (Å²) in [5.74, 6) is 1.02. The zero-order valence-corrected chi connectivity index (χ0v) is 13.5. The molecule has 120 valence electrons. The minimum atomic E-state index is -4.06. The first-order chi connectivity index (χ1) is 9.96.